The van der Waals surface area contributed by atoms with Gasteiger partial charge in [0.1, 0.15) is 0 Å². The molecule has 0 aromatic carbocycles. The van der Waals surface area contributed by atoms with E-state index in [4.69, 9.17) is 0 Å². The molecule has 0 unspecified atom stereocenters. The van der Waals surface area contributed by atoms with Crippen LogP contribution >= 0.6 is 0 Å². The SMILES string of the molecule is CC(C)(C)C[C@H]1CC[C@H](C)CC1. The van der Waals surface area contributed by atoms with E-state index >= 15 is 0 Å². The van der Waals surface area contributed by atoms with Crippen LogP contribution in [0.5, 0.6) is 0 Å². The third-order valence-electron chi connectivity index (χ3n) is 3.04. The summed E-state index contributed by atoms with van der Waals surface area (Å²) in [6.07, 6.45) is 7.35. The van der Waals surface area contributed by atoms with Crippen LogP contribution in [-0.2, 0) is 0 Å². The van der Waals surface area contributed by atoms with Crippen molar-refractivity contribution in [2.75, 3.05) is 0 Å². The quantitative estimate of drug-likeness (QED) is 0.549. The third-order valence-corrected chi connectivity index (χ3v) is 3.04. The second kappa shape index (κ2) is 3.81. The Morgan fingerprint density at radius 3 is 1.92 bits per heavy atom. The minimum absolute atomic E-state index is 0.547. The molecule has 0 saturated heterocycles. The van der Waals surface area contributed by atoms with Crippen LogP contribution in [0, 0.1) is 17.3 Å². The van der Waals surface area contributed by atoms with Crippen LogP contribution in [0.15, 0.2) is 0 Å². The van der Waals surface area contributed by atoms with Gasteiger partial charge >= 0.3 is 0 Å². The van der Waals surface area contributed by atoms with Crippen LogP contribution in [-0.4, -0.2) is 0 Å². The molecule has 0 heteroatoms. The lowest BCUT2D eigenvalue weighted by atomic mass is 9.75. The summed E-state index contributed by atoms with van der Waals surface area (Å²) in [5.74, 6) is 2.03. The molecule has 0 bridgehead atoms. The van der Waals surface area contributed by atoms with Gasteiger partial charge in [-0.15, -0.1) is 0 Å². The molecular weight excluding hydrogens is 144 g/mol. The fourth-order valence-electron chi connectivity index (χ4n) is 2.40. The minimum atomic E-state index is 0.547. The van der Waals surface area contributed by atoms with Crippen LogP contribution in [0.4, 0.5) is 0 Å². The van der Waals surface area contributed by atoms with Gasteiger partial charge in [0.05, 0.1) is 0 Å². The summed E-state index contributed by atoms with van der Waals surface area (Å²) in [4.78, 5) is 0. The van der Waals surface area contributed by atoms with Crippen molar-refractivity contribution in [2.24, 2.45) is 17.3 Å². The van der Waals surface area contributed by atoms with Gasteiger partial charge in [-0.05, 0) is 23.7 Å². The summed E-state index contributed by atoms with van der Waals surface area (Å²) in [5, 5.41) is 0. The van der Waals surface area contributed by atoms with E-state index in [-0.39, 0.29) is 0 Å². The Kier molecular flexibility index (Phi) is 3.20. The molecule has 1 aliphatic carbocycles. The topological polar surface area (TPSA) is 0 Å². The maximum atomic E-state index is 2.40. The van der Waals surface area contributed by atoms with Crippen molar-refractivity contribution in [1.29, 1.82) is 0 Å². The predicted molar refractivity (Wildman–Crippen MR) is 55.2 cm³/mol. The molecule has 1 fully saturated rings. The fraction of sp³-hybridized carbons (Fsp3) is 1.00. The van der Waals surface area contributed by atoms with Gasteiger partial charge in [0.25, 0.3) is 0 Å². The van der Waals surface area contributed by atoms with Gasteiger partial charge < -0.3 is 0 Å². The summed E-state index contributed by atoms with van der Waals surface area (Å²) in [7, 11) is 0. The fourth-order valence-corrected chi connectivity index (χ4v) is 2.40. The summed E-state index contributed by atoms with van der Waals surface area (Å²) < 4.78 is 0. The summed E-state index contributed by atoms with van der Waals surface area (Å²) >= 11 is 0. The molecule has 0 nitrogen and oxygen atoms in total. The first-order valence-corrected chi connectivity index (χ1v) is 5.47. The maximum Gasteiger partial charge on any atom is -0.0380 e. The zero-order valence-corrected chi connectivity index (χ0v) is 9.19. The number of rotatable bonds is 1. The van der Waals surface area contributed by atoms with Crippen molar-refractivity contribution < 1.29 is 0 Å². The van der Waals surface area contributed by atoms with Crippen LogP contribution < -0.4 is 0 Å². The van der Waals surface area contributed by atoms with E-state index < -0.39 is 0 Å². The standard InChI is InChI=1S/C12H24/c1-10-5-7-11(8-6-10)9-12(2,3)4/h10-11H,5-9H2,1-4H3/t10-,11-. The van der Waals surface area contributed by atoms with E-state index in [0.717, 1.165) is 11.8 Å². The Hall–Kier alpha value is 0. The van der Waals surface area contributed by atoms with Gasteiger partial charge in [-0.3, -0.25) is 0 Å². The Bertz CT molecular complexity index is 121. The highest BCUT2D eigenvalue weighted by molar-refractivity contribution is 4.74. The molecule has 1 saturated carbocycles. The average Bonchev–Trinajstić information content (AvgIpc) is 1.91. The van der Waals surface area contributed by atoms with Crippen molar-refractivity contribution in [3.05, 3.63) is 0 Å². The van der Waals surface area contributed by atoms with E-state index in [0.29, 0.717) is 5.41 Å². The van der Waals surface area contributed by atoms with E-state index in [9.17, 15) is 0 Å². The summed E-state index contributed by atoms with van der Waals surface area (Å²) in [6, 6.07) is 0. The second-order valence-corrected chi connectivity index (χ2v) is 5.89. The van der Waals surface area contributed by atoms with Crippen molar-refractivity contribution in [2.45, 2.75) is 59.8 Å². The smallest absolute Gasteiger partial charge is 0.0380 e. The molecule has 12 heavy (non-hydrogen) atoms. The largest absolute Gasteiger partial charge is 0.0625 e. The molecule has 0 spiro atoms. The summed E-state index contributed by atoms with van der Waals surface area (Å²) in [6.45, 7) is 9.49. The molecule has 0 aromatic rings. The molecule has 0 atom stereocenters. The Morgan fingerprint density at radius 2 is 1.50 bits per heavy atom. The van der Waals surface area contributed by atoms with Gasteiger partial charge in [0.2, 0.25) is 0 Å². The maximum absolute atomic E-state index is 2.40. The van der Waals surface area contributed by atoms with E-state index in [2.05, 4.69) is 27.7 Å². The van der Waals surface area contributed by atoms with Gasteiger partial charge in [0.15, 0.2) is 0 Å². The molecule has 0 heterocycles. The Balaban J connectivity index is 2.26. The highest BCUT2D eigenvalue weighted by atomic mass is 14.3. The lowest BCUT2D eigenvalue weighted by molar-refractivity contribution is 0.212. The van der Waals surface area contributed by atoms with E-state index in [1.165, 1.54) is 32.1 Å². The molecular formula is C12H24. The normalized spacial score (nSPS) is 32.0. The lowest BCUT2D eigenvalue weighted by Gasteiger charge is -2.31. The molecule has 0 aliphatic heterocycles. The van der Waals surface area contributed by atoms with Crippen molar-refractivity contribution in [3.63, 3.8) is 0 Å². The molecule has 0 amide bonds. The van der Waals surface area contributed by atoms with Crippen LogP contribution in [0.25, 0.3) is 0 Å². The monoisotopic (exact) mass is 168 g/mol. The van der Waals surface area contributed by atoms with Gasteiger partial charge in [-0.25, -0.2) is 0 Å². The minimum Gasteiger partial charge on any atom is -0.0625 e. The molecule has 0 radical (unpaired) electrons. The lowest BCUT2D eigenvalue weighted by Crippen LogP contribution is -2.18. The highest BCUT2D eigenvalue weighted by Gasteiger charge is 2.22. The van der Waals surface area contributed by atoms with E-state index in [1.54, 1.807) is 0 Å². The van der Waals surface area contributed by atoms with Crippen molar-refractivity contribution in [1.82, 2.24) is 0 Å². The summed E-state index contributed by atoms with van der Waals surface area (Å²) in [5.41, 5.74) is 0.547. The van der Waals surface area contributed by atoms with Crippen molar-refractivity contribution >= 4 is 0 Å². The molecule has 0 aromatic heterocycles. The number of hydrogen-bond acceptors (Lipinski definition) is 0. The number of hydrogen-bond donors (Lipinski definition) is 0. The first-order valence-electron chi connectivity index (χ1n) is 5.47. The van der Waals surface area contributed by atoms with Crippen molar-refractivity contribution in [3.8, 4) is 0 Å². The zero-order chi connectivity index (χ0) is 9.19. The highest BCUT2D eigenvalue weighted by Crippen LogP contribution is 2.35. The molecule has 1 rings (SSSR count). The molecule has 72 valence electrons. The van der Waals surface area contributed by atoms with E-state index in [1.807, 2.05) is 0 Å². The first-order chi connectivity index (χ1) is 5.47. The molecule has 0 N–H and O–H groups in total. The van der Waals surface area contributed by atoms with Crippen LogP contribution in [0.3, 0.4) is 0 Å². The zero-order valence-electron chi connectivity index (χ0n) is 9.19. The van der Waals surface area contributed by atoms with Crippen LogP contribution in [0.2, 0.25) is 0 Å². The molecule has 1 aliphatic rings. The first kappa shape index (κ1) is 10.1. The van der Waals surface area contributed by atoms with Gasteiger partial charge in [0, 0.05) is 0 Å². The Labute approximate surface area is 77.7 Å². The van der Waals surface area contributed by atoms with Gasteiger partial charge in [-0.1, -0.05) is 53.4 Å². The van der Waals surface area contributed by atoms with Gasteiger partial charge in [-0.2, -0.15) is 0 Å². The predicted octanol–water partition coefficient (Wildman–Crippen LogP) is 4.25. The van der Waals surface area contributed by atoms with Crippen LogP contribution in [0.1, 0.15) is 59.8 Å². The Morgan fingerprint density at radius 1 is 1.00 bits per heavy atom. The average molecular weight is 168 g/mol. The third kappa shape index (κ3) is 3.60. The second-order valence-electron chi connectivity index (χ2n) is 5.89.